The van der Waals surface area contributed by atoms with Gasteiger partial charge in [0.25, 0.3) is 0 Å². The number of pyridine rings is 1. The second kappa shape index (κ2) is 11.6. The summed E-state index contributed by atoms with van der Waals surface area (Å²) in [4.78, 5) is 39.5. The molecule has 2 aromatic carbocycles. The Labute approximate surface area is 235 Å². The Kier molecular flexibility index (Phi) is 7.38. The number of anilines is 2. The maximum absolute atomic E-state index is 12.0. The lowest BCUT2D eigenvalue weighted by Gasteiger charge is -2.28. The number of morpholine rings is 1. The number of aromatic nitrogens is 4. The minimum Gasteiger partial charge on any atom is -0.481 e. The van der Waals surface area contributed by atoms with Crippen molar-refractivity contribution in [2.45, 2.75) is 12.8 Å². The van der Waals surface area contributed by atoms with Crippen molar-refractivity contribution in [1.29, 1.82) is 0 Å². The van der Waals surface area contributed by atoms with Crippen molar-refractivity contribution in [2.24, 2.45) is 0 Å². The molecule has 1 saturated heterocycles. The molecule has 1 aliphatic heterocycles. The molecular weight excluding hydrogens is 520 g/mol. The van der Waals surface area contributed by atoms with Crippen LogP contribution in [0.15, 0.2) is 73.1 Å². The van der Waals surface area contributed by atoms with Crippen LogP contribution in [-0.2, 0) is 14.3 Å². The summed E-state index contributed by atoms with van der Waals surface area (Å²) in [6.45, 7) is 2.74. The van der Waals surface area contributed by atoms with Gasteiger partial charge in [0.15, 0.2) is 11.5 Å². The number of amides is 1. The number of fused-ring (bicyclic) bond motifs is 2. The van der Waals surface area contributed by atoms with E-state index in [0.717, 1.165) is 58.1 Å². The van der Waals surface area contributed by atoms with E-state index in [2.05, 4.69) is 16.3 Å². The second-order valence-corrected chi connectivity index (χ2v) is 9.71. The average molecular weight is 549 g/mol. The van der Waals surface area contributed by atoms with Gasteiger partial charge in [0.1, 0.15) is 0 Å². The van der Waals surface area contributed by atoms with Crippen LogP contribution in [-0.4, -0.2) is 62.6 Å². The third kappa shape index (κ3) is 5.92. The summed E-state index contributed by atoms with van der Waals surface area (Å²) in [6.07, 6.45) is 7.43. The highest BCUT2D eigenvalue weighted by Crippen LogP contribution is 2.28. The summed E-state index contributed by atoms with van der Waals surface area (Å²) in [6, 6.07) is 19.4. The smallest absolute Gasteiger partial charge is 0.303 e. The zero-order valence-electron chi connectivity index (χ0n) is 22.2. The molecule has 0 spiro atoms. The van der Waals surface area contributed by atoms with Gasteiger partial charge in [0.2, 0.25) is 5.91 Å². The van der Waals surface area contributed by atoms with Crippen LogP contribution < -0.4 is 10.2 Å². The van der Waals surface area contributed by atoms with Crippen molar-refractivity contribution in [3.05, 3.63) is 84.4 Å². The number of ether oxygens (including phenoxy) is 1. The van der Waals surface area contributed by atoms with Crippen molar-refractivity contribution in [2.75, 3.05) is 36.5 Å². The van der Waals surface area contributed by atoms with E-state index in [1.54, 1.807) is 12.1 Å². The number of carbonyl (C=O) groups excluding carboxylic acids is 1. The predicted octanol–water partition coefficient (Wildman–Crippen LogP) is 4.75. The first-order valence-corrected chi connectivity index (χ1v) is 13.4. The fraction of sp³-hybridized carbons (Fsp3) is 0.194. The van der Waals surface area contributed by atoms with Gasteiger partial charge in [-0.2, -0.15) is 0 Å². The van der Waals surface area contributed by atoms with Crippen LogP contribution in [0.2, 0.25) is 0 Å². The molecule has 41 heavy (non-hydrogen) atoms. The SMILES string of the molecule is O=C(O)CCC(=O)Nc1ccc(-c2cnc(N3CCOCC3)c3nc(C=Cc4ccc5ccccc5n4)cn23)cc1. The molecule has 5 aromatic rings. The summed E-state index contributed by atoms with van der Waals surface area (Å²) < 4.78 is 7.57. The lowest BCUT2D eigenvalue weighted by molar-refractivity contribution is -0.138. The summed E-state index contributed by atoms with van der Waals surface area (Å²) in [7, 11) is 0. The van der Waals surface area contributed by atoms with Crippen LogP contribution in [0.25, 0.3) is 40.0 Å². The monoisotopic (exact) mass is 548 g/mol. The van der Waals surface area contributed by atoms with E-state index in [1.165, 1.54) is 0 Å². The predicted molar refractivity (Wildman–Crippen MR) is 158 cm³/mol. The molecule has 10 heteroatoms. The van der Waals surface area contributed by atoms with E-state index >= 15 is 0 Å². The average Bonchev–Trinajstić information content (AvgIpc) is 3.44. The molecule has 0 unspecified atom stereocenters. The molecule has 10 nitrogen and oxygen atoms in total. The minimum absolute atomic E-state index is 0.0787. The highest BCUT2D eigenvalue weighted by atomic mass is 16.5. The van der Waals surface area contributed by atoms with Crippen molar-refractivity contribution in [1.82, 2.24) is 19.4 Å². The van der Waals surface area contributed by atoms with E-state index < -0.39 is 5.97 Å². The highest BCUT2D eigenvalue weighted by molar-refractivity contribution is 5.92. The molecule has 0 bridgehead atoms. The zero-order chi connectivity index (χ0) is 28.2. The number of hydrogen-bond donors (Lipinski definition) is 2. The summed E-state index contributed by atoms with van der Waals surface area (Å²) in [5, 5.41) is 12.6. The molecule has 0 radical (unpaired) electrons. The van der Waals surface area contributed by atoms with Crippen molar-refractivity contribution < 1.29 is 19.4 Å². The second-order valence-electron chi connectivity index (χ2n) is 9.71. The van der Waals surface area contributed by atoms with Crippen LogP contribution in [0.1, 0.15) is 24.2 Å². The van der Waals surface area contributed by atoms with E-state index in [-0.39, 0.29) is 18.7 Å². The quantitative estimate of drug-likeness (QED) is 0.285. The molecule has 0 aliphatic carbocycles. The first kappa shape index (κ1) is 26.1. The summed E-state index contributed by atoms with van der Waals surface area (Å²) in [5.74, 6) is -0.551. The number of benzene rings is 2. The fourth-order valence-electron chi connectivity index (χ4n) is 4.79. The Morgan fingerprint density at radius 3 is 2.51 bits per heavy atom. The fourth-order valence-corrected chi connectivity index (χ4v) is 4.79. The van der Waals surface area contributed by atoms with E-state index in [1.807, 2.05) is 71.4 Å². The van der Waals surface area contributed by atoms with Crippen LogP contribution >= 0.6 is 0 Å². The number of carboxylic acid groups (broad SMARTS) is 1. The van der Waals surface area contributed by atoms with Gasteiger partial charge in [-0.1, -0.05) is 36.4 Å². The Morgan fingerprint density at radius 2 is 1.71 bits per heavy atom. The van der Waals surface area contributed by atoms with E-state index in [0.29, 0.717) is 18.9 Å². The number of imidazole rings is 1. The highest BCUT2D eigenvalue weighted by Gasteiger charge is 2.19. The topological polar surface area (TPSA) is 122 Å². The molecule has 0 saturated carbocycles. The Morgan fingerprint density at radius 1 is 0.927 bits per heavy atom. The van der Waals surface area contributed by atoms with Gasteiger partial charge >= 0.3 is 5.97 Å². The lowest BCUT2D eigenvalue weighted by Crippen LogP contribution is -2.37. The number of rotatable bonds is 8. The van der Waals surface area contributed by atoms with Gasteiger partial charge in [0, 0.05) is 42.3 Å². The molecule has 206 valence electrons. The maximum atomic E-state index is 12.0. The lowest BCUT2D eigenvalue weighted by atomic mass is 10.1. The van der Waals surface area contributed by atoms with Crippen LogP contribution in [0.5, 0.6) is 0 Å². The molecule has 0 atom stereocenters. The molecule has 4 heterocycles. The van der Waals surface area contributed by atoms with Crippen molar-refractivity contribution >= 4 is 52.1 Å². The normalized spacial score (nSPS) is 13.7. The number of nitrogens with zero attached hydrogens (tertiary/aromatic N) is 5. The number of nitrogens with one attached hydrogen (secondary N) is 1. The van der Waals surface area contributed by atoms with E-state index in [9.17, 15) is 9.59 Å². The third-order valence-electron chi connectivity index (χ3n) is 6.88. The van der Waals surface area contributed by atoms with Crippen molar-refractivity contribution in [3.63, 3.8) is 0 Å². The van der Waals surface area contributed by atoms with Gasteiger partial charge in [-0.05, 0) is 36.4 Å². The number of para-hydroxylation sites is 1. The third-order valence-corrected chi connectivity index (χ3v) is 6.88. The summed E-state index contributed by atoms with van der Waals surface area (Å²) in [5.41, 5.74) is 5.62. The molecule has 1 aliphatic rings. The standard InChI is InChI=1S/C31H28N6O4/c38-28(13-14-29(39)40)34-24-9-6-22(7-10-24)27-19-32-30(36-15-17-41-18-16-36)31-35-25(20-37(27)31)12-11-23-8-5-21-3-1-2-4-26(21)33-23/h1-12,19-20H,13-18H2,(H,34,38)(H,39,40). The van der Waals surface area contributed by atoms with Gasteiger partial charge in [0.05, 0.1) is 48.4 Å². The largest absolute Gasteiger partial charge is 0.481 e. The Hall–Kier alpha value is -5.09. The molecule has 6 rings (SSSR count). The first-order chi connectivity index (χ1) is 20.0. The zero-order valence-corrected chi connectivity index (χ0v) is 22.2. The van der Waals surface area contributed by atoms with Gasteiger partial charge in [-0.25, -0.2) is 15.0 Å². The first-order valence-electron chi connectivity index (χ1n) is 13.4. The van der Waals surface area contributed by atoms with Crippen molar-refractivity contribution in [3.8, 4) is 11.3 Å². The Bertz CT molecular complexity index is 1760. The minimum atomic E-state index is -1.00. The van der Waals surface area contributed by atoms with Crippen LogP contribution in [0, 0.1) is 0 Å². The van der Waals surface area contributed by atoms with Crippen LogP contribution in [0.3, 0.4) is 0 Å². The van der Waals surface area contributed by atoms with Crippen LogP contribution in [0.4, 0.5) is 11.5 Å². The molecule has 1 amide bonds. The molecular formula is C31H28N6O4. The maximum Gasteiger partial charge on any atom is 0.303 e. The number of aliphatic carboxylic acids is 1. The number of carbonyl (C=O) groups is 2. The number of hydrogen-bond acceptors (Lipinski definition) is 7. The molecule has 3 aromatic heterocycles. The molecule has 2 N–H and O–H groups in total. The van der Waals surface area contributed by atoms with E-state index in [4.69, 9.17) is 24.8 Å². The summed E-state index contributed by atoms with van der Waals surface area (Å²) >= 11 is 0. The van der Waals surface area contributed by atoms with Gasteiger partial charge in [-0.15, -0.1) is 0 Å². The number of carboxylic acids is 1. The van der Waals surface area contributed by atoms with Gasteiger partial charge in [-0.3, -0.25) is 14.0 Å². The molecule has 1 fully saturated rings. The Balaban J connectivity index is 1.32. The van der Waals surface area contributed by atoms with Gasteiger partial charge < -0.3 is 20.1 Å².